The molecular weight excluding hydrogens is 164 g/mol. The predicted octanol–water partition coefficient (Wildman–Crippen LogP) is 1.45. The maximum atomic E-state index is 10.3. The summed E-state index contributed by atoms with van der Waals surface area (Å²) in [6.07, 6.45) is 4.04. The highest BCUT2D eigenvalue weighted by Gasteiger charge is 2.46. The number of rotatable bonds is 2. The van der Waals surface area contributed by atoms with Gasteiger partial charge in [0.1, 0.15) is 0 Å². The summed E-state index contributed by atoms with van der Waals surface area (Å²) in [7, 11) is 0. The SMILES string of the molecule is N#CC1(c2ccc(C=O)cn2)CC1. The van der Waals surface area contributed by atoms with E-state index in [4.69, 9.17) is 5.26 Å². The Kier molecular flexibility index (Phi) is 1.63. The van der Waals surface area contributed by atoms with E-state index < -0.39 is 0 Å². The third kappa shape index (κ3) is 1.20. The first-order valence-electron chi connectivity index (χ1n) is 4.14. The number of aldehydes is 1. The Bertz CT molecular complexity index is 371. The molecule has 1 fully saturated rings. The zero-order valence-corrected chi connectivity index (χ0v) is 7.03. The Morgan fingerprint density at radius 2 is 2.31 bits per heavy atom. The van der Waals surface area contributed by atoms with Crippen LogP contribution < -0.4 is 0 Å². The molecule has 0 amide bonds. The molecule has 1 saturated carbocycles. The summed E-state index contributed by atoms with van der Waals surface area (Å²) in [6.45, 7) is 0. The van der Waals surface area contributed by atoms with Crippen molar-refractivity contribution in [3.05, 3.63) is 29.6 Å². The second-order valence-corrected chi connectivity index (χ2v) is 3.29. The third-order valence-corrected chi connectivity index (χ3v) is 2.38. The summed E-state index contributed by atoms with van der Waals surface area (Å²) in [5, 5.41) is 8.88. The number of nitriles is 1. The van der Waals surface area contributed by atoms with Crippen LogP contribution in [0.2, 0.25) is 0 Å². The molecule has 0 radical (unpaired) electrons. The molecule has 1 aliphatic carbocycles. The molecule has 0 unspecified atom stereocenters. The Morgan fingerprint density at radius 3 is 2.69 bits per heavy atom. The van der Waals surface area contributed by atoms with Gasteiger partial charge in [-0.2, -0.15) is 5.26 Å². The van der Waals surface area contributed by atoms with Gasteiger partial charge in [-0.05, 0) is 25.0 Å². The average Bonchev–Trinajstić information content (AvgIpc) is 2.99. The summed E-state index contributed by atoms with van der Waals surface area (Å²) in [6, 6.07) is 5.72. The van der Waals surface area contributed by atoms with Gasteiger partial charge in [0.2, 0.25) is 0 Å². The van der Waals surface area contributed by atoms with E-state index in [9.17, 15) is 4.79 Å². The second-order valence-electron chi connectivity index (χ2n) is 3.29. The standard InChI is InChI=1S/C10H8N2O/c11-7-10(3-4-10)9-2-1-8(6-13)5-12-9/h1-2,5-6H,3-4H2. The van der Waals surface area contributed by atoms with Crippen molar-refractivity contribution in [2.75, 3.05) is 0 Å². The minimum atomic E-state index is -0.346. The fourth-order valence-electron chi connectivity index (χ4n) is 1.31. The van der Waals surface area contributed by atoms with Crippen LogP contribution in [0.25, 0.3) is 0 Å². The molecule has 1 heterocycles. The highest BCUT2D eigenvalue weighted by atomic mass is 16.1. The number of hydrogen-bond acceptors (Lipinski definition) is 3. The molecule has 0 bridgehead atoms. The first-order chi connectivity index (χ1) is 6.30. The molecule has 1 aromatic rings. The fourth-order valence-corrected chi connectivity index (χ4v) is 1.31. The largest absolute Gasteiger partial charge is 0.298 e. The van der Waals surface area contributed by atoms with Crippen LogP contribution in [0.15, 0.2) is 18.3 Å². The van der Waals surface area contributed by atoms with Gasteiger partial charge in [-0.15, -0.1) is 0 Å². The van der Waals surface area contributed by atoms with Gasteiger partial charge < -0.3 is 0 Å². The zero-order valence-electron chi connectivity index (χ0n) is 7.03. The Hall–Kier alpha value is -1.69. The van der Waals surface area contributed by atoms with Crippen LogP contribution in [0, 0.1) is 11.3 Å². The van der Waals surface area contributed by atoms with E-state index in [1.54, 1.807) is 12.1 Å². The van der Waals surface area contributed by atoms with Crippen molar-refractivity contribution in [1.82, 2.24) is 4.98 Å². The van der Waals surface area contributed by atoms with E-state index in [0.29, 0.717) is 5.56 Å². The molecule has 0 aliphatic heterocycles. The van der Waals surface area contributed by atoms with E-state index >= 15 is 0 Å². The topological polar surface area (TPSA) is 53.8 Å². The normalized spacial score (nSPS) is 17.5. The highest BCUT2D eigenvalue weighted by Crippen LogP contribution is 2.46. The molecule has 0 spiro atoms. The monoisotopic (exact) mass is 172 g/mol. The number of pyridine rings is 1. The molecule has 1 aliphatic rings. The van der Waals surface area contributed by atoms with Crippen LogP contribution in [0.5, 0.6) is 0 Å². The van der Waals surface area contributed by atoms with Crippen molar-refractivity contribution in [2.45, 2.75) is 18.3 Å². The van der Waals surface area contributed by atoms with E-state index in [1.807, 2.05) is 0 Å². The smallest absolute Gasteiger partial charge is 0.151 e. The Balaban J connectivity index is 2.34. The van der Waals surface area contributed by atoms with Gasteiger partial charge in [0.05, 0.1) is 17.2 Å². The van der Waals surface area contributed by atoms with Gasteiger partial charge in [0, 0.05) is 11.8 Å². The average molecular weight is 172 g/mol. The van der Waals surface area contributed by atoms with Crippen molar-refractivity contribution in [2.24, 2.45) is 0 Å². The molecule has 3 heteroatoms. The fraction of sp³-hybridized carbons (Fsp3) is 0.300. The molecule has 0 saturated heterocycles. The zero-order chi connectivity index (χ0) is 9.31. The molecule has 13 heavy (non-hydrogen) atoms. The summed E-state index contributed by atoms with van der Waals surface area (Å²) in [4.78, 5) is 14.4. The van der Waals surface area contributed by atoms with Crippen molar-refractivity contribution in [1.29, 1.82) is 5.26 Å². The van der Waals surface area contributed by atoms with Crippen molar-refractivity contribution in [3.63, 3.8) is 0 Å². The summed E-state index contributed by atoms with van der Waals surface area (Å²) >= 11 is 0. The maximum Gasteiger partial charge on any atom is 0.151 e. The molecule has 3 nitrogen and oxygen atoms in total. The molecule has 0 N–H and O–H groups in total. The molecule has 2 rings (SSSR count). The van der Waals surface area contributed by atoms with E-state index in [-0.39, 0.29) is 5.41 Å². The molecule has 1 aromatic heterocycles. The van der Waals surface area contributed by atoms with Gasteiger partial charge in [-0.25, -0.2) is 0 Å². The van der Waals surface area contributed by atoms with E-state index in [1.165, 1.54) is 6.20 Å². The van der Waals surface area contributed by atoms with Gasteiger partial charge in [0.15, 0.2) is 6.29 Å². The van der Waals surface area contributed by atoms with Crippen LogP contribution >= 0.6 is 0 Å². The van der Waals surface area contributed by atoms with E-state index in [0.717, 1.165) is 24.8 Å². The second kappa shape index (κ2) is 2.67. The molecule has 0 aromatic carbocycles. The minimum absolute atomic E-state index is 0.346. The van der Waals surface area contributed by atoms with Gasteiger partial charge in [0.25, 0.3) is 0 Å². The van der Waals surface area contributed by atoms with Gasteiger partial charge >= 0.3 is 0 Å². The lowest BCUT2D eigenvalue weighted by Crippen LogP contribution is -2.05. The minimum Gasteiger partial charge on any atom is -0.298 e. The number of hydrogen-bond donors (Lipinski definition) is 0. The summed E-state index contributed by atoms with van der Waals surface area (Å²) in [5.41, 5.74) is 1.000. The van der Waals surface area contributed by atoms with E-state index in [2.05, 4.69) is 11.1 Å². The van der Waals surface area contributed by atoms with Gasteiger partial charge in [-0.1, -0.05) is 0 Å². The van der Waals surface area contributed by atoms with Crippen LogP contribution in [0.3, 0.4) is 0 Å². The summed E-state index contributed by atoms with van der Waals surface area (Å²) < 4.78 is 0. The molecular formula is C10H8N2O. The van der Waals surface area contributed by atoms with Crippen molar-refractivity contribution in [3.8, 4) is 6.07 Å². The highest BCUT2D eigenvalue weighted by molar-refractivity contribution is 5.74. The first kappa shape index (κ1) is 7.93. The Morgan fingerprint density at radius 1 is 1.54 bits per heavy atom. The lowest BCUT2D eigenvalue weighted by Gasteiger charge is -2.03. The number of carbonyl (C=O) groups is 1. The van der Waals surface area contributed by atoms with Crippen LogP contribution in [-0.2, 0) is 5.41 Å². The lowest BCUT2D eigenvalue weighted by molar-refractivity contribution is 0.112. The number of nitrogens with zero attached hydrogens (tertiary/aromatic N) is 2. The van der Waals surface area contributed by atoms with Crippen molar-refractivity contribution < 1.29 is 4.79 Å². The Labute approximate surface area is 76.0 Å². The number of carbonyl (C=O) groups excluding carboxylic acids is 1. The predicted molar refractivity (Wildman–Crippen MR) is 46.1 cm³/mol. The quantitative estimate of drug-likeness (QED) is 0.634. The van der Waals surface area contributed by atoms with Crippen molar-refractivity contribution >= 4 is 6.29 Å². The lowest BCUT2D eigenvalue weighted by atomic mass is 10.0. The van der Waals surface area contributed by atoms with Crippen LogP contribution in [0.1, 0.15) is 28.9 Å². The van der Waals surface area contributed by atoms with Gasteiger partial charge in [-0.3, -0.25) is 9.78 Å². The molecule has 0 atom stereocenters. The summed E-state index contributed by atoms with van der Waals surface area (Å²) in [5.74, 6) is 0. The van der Waals surface area contributed by atoms with Crippen LogP contribution in [0.4, 0.5) is 0 Å². The first-order valence-corrected chi connectivity index (χ1v) is 4.14. The van der Waals surface area contributed by atoms with Crippen LogP contribution in [-0.4, -0.2) is 11.3 Å². The number of aromatic nitrogens is 1. The third-order valence-electron chi connectivity index (χ3n) is 2.38. The molecule has 64 valence electrons. The maximum absolute atomic E-state index is 10.3.